The first-order valence-electron chi connectivity index (χ1n) is 6.68. The third kappa shape index (κ3) is 2.23. The number of aliphatic hydroxyl groups is 1. The quantitative estimate of drug-likeness (QED) is 0.654. The van der Waals surface area contributed by atoms with Crippen LogP contribution < -0.4 is 5.56 Å². The fourth-order valence-electron chi connectivity index (χ4n) is 2.98. The number of hydrogen-bond acceptors (Lipinski definition) is 5. The van der Waals surface area contributed by atoms with Crippen LogP contribution in [0.1, 0.15) is 37.8 Å². The van der Waals surface area contributed by atoms with Crippen molar-refractivity contribution in [1.82, 2.24) is 15.0 Å². The number of hydrogen-bond donors (Lipinski definition) is 2. The topological polar surface area (TPSA) is 78.9 Å². The van der Waals surface area contributed by atoms with Crippen LogP contribution in [0.15, 0.2) is 22.1 Å². The fourth-order valence-corrected chi connectivity index (χ4v) is 3.35. The van der Waals surface area contributed by atoms with Gasteiger partial charge in [-0.05, 0) is 38.5 Å². The summed E-state index contributed by atoms with van der Waals surface area (Å²) in [5, 5.41) is 12.0. The molecule has 6 heteroatoms. The highest BCUT2D eigenvalue weighted by molar-refractivity contribution is 7.98. The highest BCUT2D eigenvalue weighted by atomic mass is 32.2. The molecule has 2 atom stereocenters. The molecule has 3 rings (SSSR count). The normalized spacial score (nSPS) is 26.2. The van der Waals surface area contributed by atoms with Crippen LogP contribution in [0.5, 0.6) is 0 Å². The molecule has 2 aromatic heterocycles. The average molecular weight is 291 g/mol. The van der Waals surface area contributed by atoms with Crippen LogP contribution in [0.3, 0.4) is 0 Å². The Morgan fingerprint density at radius 2 is 2.25 bits per heavy atom. The minimum Gasteiger partial charge on any atom is -0.389 e. The Balaban J connectivity index is 2.25. The van der Waals surface area contributed by atoms with Gasteiger partial charge in [0.05, 0.1) is 11.3 Å². The van der Waals surface area contributed by atoms with Gasteiger partial charge in [0, 0.05) is 17.4 Å². The Morgan fingerprint density at radius 1 is 1.45 bits per heavy atom. The zero-order valence-corrected chi connectivity index (χ0v) is 12.3. The molecule has 2 aromatic rings. The molecule has 0 radical (unpaired) electrons. The standard InChI is InChI=1S/C14H17N3O2S/c1-14(19)7-3-4-9(14)11-8-5-6-10(18)15-12(8)17-13(16-11)20-2/h5-6,9,19H,3-4,7H2,1-2H3,(H,15,16,17,18)/t9-,14-/m1/s1. The summed E-state index contributed by atoms with van der Waals surface area (Å²) in [6.07, 6.45) is 4.58. The lowest BCUT2D eigenvalue weighted by atomic mass is 9.88. The molecule has 2 N–H and O–H groups in total. The van der Waals surface area contributed by atoms with Gasteiger partial charge < -0.3 is 10.1 Å². The lowest BCUT2D eigenvalue weighted by Crippen LogP contribution is -2.28. The average Bonchev–Trinajstić information content (AvgIpc) is 2.76. The van der Waals surface area contributed by atoms with Crippen LogP contribution in [0.2, 0.25) is 0 Å². The summed E-state index contributed by atoms with van der Waals surface area (Å²) in [6.45, 7) is 1.86. The smallest absolute Gasteiger partial charge is 0.249 e. The van der Waals surface area contributed by atoms with Crippen LogP contribution in [0, 0.1) is 0 Å². The molecule has 1 aliphatic carbocycles. The number of fused-ring (bicyclic) bond motifs is 1. The van der Waals surface area contributed by atoms with Gasteiger partial charge in [0.25, 0.3) is 0 Å². The summed E-state index contributed by atoms with van der Waals surface area (Å²) >= 11 is 1.44. The van der Waals surface area contributed by atoms with E-state index in [1.807, 2.05) is 13.2 Å². The second kappa shape index (κ2) is 4.86. The molecule has 0 saturated heterocycles. The number of pyridine rings is 1. The largest absolute Gasteiger partial charge is 0.389 e. The van der Waals surface area contributed by atoms with E-state index in [4.69, 9.17) is 0 Å². The number of nitrogens with zero attached hydrogens (tertiary/aromatic N) is 2. The van der Waals surface area contributed by atoms with Crippen LogP contribution >= 0.6 is 11.8 Å². The maximum absolute atomic E-state index is 11.5. The summed E-state index contributed by atoms with van der Waals surface area (Å²) in [5.41, 5.74) is 0.479. The summed E-state index contributed by atoms with van der Waals surface area (Å²) < 4.78 is 0. The van der Waals surface area contributed by atoms with Crippen molar-refractivity contribution in [1.29, 1.82) is 0 Å². The molecule has 0 aliphatic heterocycles. The van der Waals surface area contributed by atoms with Crippen molar-refractivity contribution in [2.45, 2.75) is 42.9 Å². The van der Waals surface area contributed by atoms with Gasteiger partial charge in [0.2, 0.25) is 5.56 Å². The highest BCUT2D eigenvalue weighted by Crippen LogP contribution is 2.43. The summed E-state index contributed by atoms with van der Waals surface area (Å²) in [4.78, 5) is 23.2. The first-order chi connectivity index (χ1) is 9.51. The molecule has 1 fully saturated rings. The third-order valence-corrected chi connectivity index (χ3v) is 4.58. The predicted octanol–water partition coefficient (Wildman–Crippen LogP) is 2.06. The number of rotatable bonds is 2. The Labute approximate surface area is 120 Å². The minimum atomic E-state index is -0.743. The Kier molecular flexibility index (Phi) is 3.30. The number of aromatic amines is 1. The lowest BCUT2D eigenvalue weighted by molar-refractivity contribution is 0.0487. The summed E-state index contributed by atoms with van der Waals surface area (Å²) in [7, 11) is 0. The van der Waals surface area contributed by atoms with Crippen molar-refractivity contribution in [3.63, 3.8) is 0 Å². The van der Waals surface area contributed by atoms with Gasteiger partial charge in [-0.25, -0.2) is 9.97 Å². The van der Waals surface area contributed by atoms with Crippen LogP contribution in [0.4, 0.5) is 0 Å². The molecule has 0 aromatic carbocycles. The van der Waals surface area contributed by atoms with Gasteiger partial charge in [0.15, 0.2) is 5.16 Å². The maximum atomic E-state index is 11.5. The first-order valence-corrected chi connectivity index (χ1v) is 7.91. The molecule has 0 bridgehead atoms. The van der Waals surface area contributed by atoms with Crippen molar-refractivity contribution >= 4 is 22.8 Å². The van der Waals surface area contributed by atoms with Crippen molar-refractivity contribution in [3.8, 4) is 0 Å². The Bertz CT molecular complexity index is 711. The van der Waals surface area contributed by atoms with Crippen molar-refractivity contribution in [2.24, 2.45) is 0 Å². The molecular weight excluding hydrogens is 274 g/mol. The number of H-pyrrole nitrogens is 1. The van der Waals surface area contributed by atoms with Crippen LogP contribution in [-0.4, -0.2) is 31.9 Å². The van der Waals surface area contributed by atoms with Crippen molar-refractivity contribution in [3.05, 3.63) is 28.2 Å². The van der Waals surface area contributed by atoms with E-state index in [9.17, 15) is 9.90 Å². The third-order valence-electron chi connectivity index (χ3n) is 4.04. The number of nitrogens with one attached hydrogen (secondary N) is 1. The zero-order valence-electron chi connectivity index (χ0n) is 11.5. The van der Waals surface area contributed by atoms with E-state index >= 15 is 0 Å². The van der Waals surface area contributed by atoms with Gasteiger partial charge in [-0.1, -0.05) is 11.8 Å². The van der Waals surface area contributed by atoms with Crippen LogP contribution in [-0.2, 0) is 0 Å². The molecule has 0 unspecified atom stereocenters. The Hall–Kier alpha value is -1.40. The molecule has 0 amide bonds. The lowest BCUT2D eigenvalue weighted by Gasteiger charge is -2.26. The molecular formula is C14H17N3O2S. The molecule has 1 aliphatic rings. The maximum Gasteiger partial charge on any atom is 0.249 e. The van der Waals surface area contributed by atoms with E-state index in [0.717, 1.165) is 30.3 Å². The van der Waals surface area contributed by atoms with E-state index in [-0.39, 0.29) is 11.5 Å². The Morgan fingerprint density at radius 3 is 2.90 bits per heavy atom. The number of thioether (sulfide) groups is 1. The second-order valence-corrected chi connectivity index (χ2v) is 6.26. The molecule has 5 nitrogen and oxygen atoms in total. The van der Waals surface area contributed by atoms with Gasteiger partial charge in [0.1, 0.15) is 5.65 Å². The highest BCUT2D eigenvalue weighted by Gasteiger charge is 2.39. The van der Waals surface area contributed by atoms with Gasteiger partial charge in [-0.2, -0.15) is 0 Å². The fraction of sp³-hybridized carbons (Fsp3) is 0.500. The van der Waals surface area contributed by atoms with Gasteiger partial charge in [-0.15, -0.1) is 0 Å². The second-order valence-electron chi connectivity index (χ2n) is 5.48. The summed E-state index contributed by atoms with van der Waals surface area (Å²) in [6, 6.07) is 3.24. The van der Waals surface area contributed by atoms with E-state index in [2.05, 4.69) is 15.0 Å². The van der Waals surface area contributed by atoms with Crippen LogP contribution in [0.25, 0.3) is 11.0 Å². The first kappa shape index (κ1) is 13.6. The molecule has 2 heterocycles. The van der Waals surface area contributed by atoms with Gasteiger partial charge in [-0.3, -0.25) is 4.79 Å². The molecule has 20 heavy (non-hydrogen) atoms. The van der Waals surface area contributed by atoms with E-state index in [1.54, 1.807) is 6.07 Å². The molecule has 0 spiro atoms. The zero-order chi connectivity index (χ0) is 14.3. The molecule has 1 saturated carbocycles. The monoisotopic (exact) mass is 291 g/mol. The van der Waals surface area contributed by atoms with Crippen molar-refractivity contribution in [2.75, 3.05) is 6.26 Å². The van der Waals surface area contributed by atoms with Crippen molar-refractivity contribution < 1.29 is 5.11 Å². The van der Waals surface area contributed by atoms with E-state index in [1.165, 1.54) is 17.8 Å². The predicted molar refractivity (Wildman–Crippen MR) is 79.2 cm³/mol. The van der Waals surface area contributed by atoms with E-state index < -0.39 is 5.60 Å². The van der Waals surface area contributed by atoms with Gasteiger partial charge >= 0.3 is 0 Å². The molecule has 106 valence electrons. The SMILES string of the molecule is CSc1nc([C@H]2CCC[C@@]2(C)O)c2ccc(=O)[nH]c2n1. The summed E-state index contributed by atoms with van der Waals surface area (Å²) in [5.74, 6) is -0.00944. The van der Waals surface area contributed by atoms with E-state index in [0.29, 0.717) is 10.8 Å². The minimum absolute atomic E-state index is 0.00944. The number of aromatic nitrogens is 3.